The maximum atomic E-state index is 11.0. The fourth-order valence-electron chi connectivity index (χ4n) is 1.66. The van der Waals surface area contributed by atoms with Crippen LogP contribution >= 0.6 is 15.9 Å². The molecule has 0 heterocycles. The Morgan fingerprint density at radius 2 is 2.05 bits per heavy atom. The Kier molecular flexibility index (Phi) is 3.91. The van der Waals surface area contributed by atoms with E-state index < -0.39 is 5.97 Å². The summed E-state index contributed by atoms with van der Waals surface area (Å²) in [6, 6.07) is 11.8. The molecule has 5 nitrogen and oxygen atoms in total. The van der Waals surface area contributed by atoms with Gasteiger partial charge in [0.2, 0.25) is 0 Å². The lowest BCUT2D eigenvalue weighted by Gasteiger charge is -2.10. The summed E-state index contributed by atoms with van der Waals surface area (Å²) in [6.07, 6.45) is 0. The predicted octanol–water partition coefficient (Wildman–Crippen LogP) is 3.34. The number of nitrogens with one attached hydrogen (secondary N) is 1. The zero-order chi connectivity index (χ0) is 14.7. The van der Waals surface area contributed by atoms with Gasteiger partial charge in [-0.2, -0.15) is 5.26 Å². The number of carboxylic acids is 1. The van der Waals surface area contributed by atoms with Crippen molar-refractivity contribution in [3.63, 3.8) is 0 Å². The van der Waals surface area contributed by atoms with Crippen molar-refractivity contribution in [3.8, 4) is 6.07 Å². The Morgan fingerprint density at radius 3 is 2.65 bits per heavy atom. The average molecular weight is 332 g/mol. The van der Waals surface area contributed by atoms with Crippen LogP contribution < -0.4 is 11.1 Å². The van der Waals surface area contributed by atoms with E-state index in [4.69, 9.17) is 16.1 Å². The second kappa shape index (κ2) is 5.63. The highest BCUT2D eigenvalue weighted by molar-refractivity contribution is 9.10. The summed E-state index contributed by atoms with van der Waals surface area (Å²) in [4.78, 5) is 11.0. The first-order valence-corrected chi connectivity index (χ1v) is 6.40. The fraction of sp³-hybridized carbons (Fsp3) is 0. The second-order valence-electron chi connectivity index (χ2n) is 4.04. The van der Waals surface area contributed by atoms with Crippen LogP contribution in [0, 0.1) is 11.3 Å². The Bertz CT molecular complexity index is 723. The van der Waals surface area contributed by atoms with Gasteiger partial charge in [-0.05, 0) is 52.3 Å². The van der Waals surface area contributed by atoms with E-state index in [0.717, 1.165) is 5.69 Å². The van der Waals surface area contributed by atoms with Crippen molar-refractivity contribution in [1.82, 2.24) is 0 Å². The molecule has 2 aromatic rings. The monoisotopic (exact) mass is 331 g/mol. The summed E-state index contributed by atoms with van der Waals surface area (Å²) in [7, 11) is 0. The van der Waals surface area contributed by atoms with Crippen molar-refractivity contribution < 1.29 is 9.90 Å². The van der Waals surface area contributed by atoms with Crippen LogP contribution in [0.3, 0.4) is 0 Å². The van der Waals surface area contributed by atoms with E-state index in [1.165, 1.54) is 12.1 Å². The van der Waals surface area contributed by atoms with Gasteiger partial charge in [-0.15, -0.1) is 0 Å². The van der Waals surface area contributed by atoms with Crippen molar-refractivity contribution in [2.24, 2.45) is 0 Å². The highest BCUT2D eigenvalue weighted by Crippen LogP contribution is 2.28. The third kappa shape index (κ3) is 2.90. The summed E-state index contributed by atoms with van der Waals surface area (Å²) in [5.41, 5.74) is 7.71. The number of benzene rings is 2. The minimum atomic E-state index is -1.08. The molecule has 0 unspecified atom stereocenters. The van der Waals surface area contributed by atoms with Crippen LogP contribution in [0.15, 0.2) is 40.9 Å². The van der Waals surface area contributed by atoms with Gasteiger partial charge in [0.15, 0.2) is 0 Å². The highest BCUT2D eigenvalue weighted by Gasteiger charge is 2.09. The number of rotatable bonds is 3. The topological polar surface area (TPSA) is 99.1 Å². The van der Waals surface area contributed by atoms with Crippen LogP contribution in [0.25, 0.3) is 0 Å². The first-order chi connectivity index (χ1) is 9.51. The Hall–Kier alpha value is -2.52. The van der Waals surface area contributed by atoms with E-state index in [1.54, 1.807) is 24.3 Å². The smallest absolute Gasteiger partial charge is 0.337 e. The largest absolute Gasteiger partial charge is 0.478 e. The molecule has 0 aliphatic carbocycles. The van der Waals surface area contributed by atoms with Crippen molar-refractivity contribution in [2.45, 2.75) is 0 Å². The lowest BCUT2D eigenvalue weighted by molar-refractivity contribution is 0.0698. The number of carboxylic acid groups (broad SMARTS) is 1. The van der Waals surface area contributed by atoms with Gasteiger partial charge >= 0.3 is 5.97 Å². The van der Waals surface area contributed by atoms with Crippen LogP contribution in [0.2, 0.25) is 0 Å². The zero-order valence-corrected chi connectivity index (χ0v) is 11.8. The molecule has 0 aromatic heterocycles. The van der Waals surface area contributed by atoms with Gasteiger partial charge in [-0.25, -0.2) is 4.79 Å². The summed E-state index contributed by atoms with van der Waals surface area (Å²) < 4.78 is 0.713. The van der Waals surface area contributed by atoms with Crippen LogP contribution in [0.5, 0.6) is 0 Å². The minimum absolute atomic E-state index is 0.0415. The van der Waals surface area contributed by atoms with Crippen LogP contribution in [-0.4, -0.2) is 11.1 Å². The SMILES string of the molecule is N#Cc1ccc(Nc2ccc(N)c(C(=O)O)c2)c(Br)c1. The van der Waals surface area contributed by atoms with E-state index in [0.29, 0.717) is 15.7 Å². The molecule has 6 heteroatoms. The first kappa shape index (κ1) is 13.9. The highest BCUT2D eigenvalue weighted by atomic mass is 79.9. The van der Waals surface area contributed by atoms with Crippen LogP contribution in [0.1, 0.15) is 15.9 Å². The lowest BCUT2D eigenvalue weighted by Crippen LogP contribution is -2.03. The van der Waals surface area contributed by atoms with E-state index in [9.17, 15) is 4.79 Å². The van der Waals surface area contributed by atoms with Gasteiger partial charge in [0.1, 0.15) is 0 Å². The summed E-state index contributed by atoms with van der Waals surface area (Å²) >= 11 is 3.35. The number of nitriles is 1. The average Bonchev–Trinajstić information content (AvgIpc) is 2.42. The molecule has 0 aliphatic rings. The molecule has 4 N–H and O–H groups in total. The minimum Gasteiger partial charge on any atom is -0.478 e. The Balaban J connectivity index is 2.33. The molecule has 0 aliphatic heterocycles. The number of carbonyl (C=O) groups is 1. The number of anilines is 3. The quantitative estimate of drug-likeness (QED) is 0.749. The molecular weight excluding hydrogens is 322 g/mol. The Labute approximate surface area is 123 Å². The first-order valence-electron chi connectivity index (χ1n) is 5.61. The van der Waals surface area contributed by atoms with Gasteiger partial charge in [0.25, 0.3) is 0 Å². The van der Waals surface area contributed by atoms with E-state index in [-0.39, 0.29) is 11.3 Å². The van der Waals surface area contributed by atoms with Gasteiger partial charge in [-0.1, -0.05) is 0 Å². The van der Waals surface area contributed by atoms with Gasteiger partial charge in [-0.3, -0.25) is 0 Å². The number of nitrogens with zero attached hydrogens (tertiary/aromatic N) is 1. The molecule has 2 rings (SSSR count). The van der Waals surface area contributed by atoms with E-state index in [2.05, 4.69) is 21.2 Å². The number of aromatic carboxylic acids is 1. The van der Waals surface area contributed by atoms with Crippen molar-refractivity contribution in [3.05, 3.63) is 52.0 Å². The normalized spacial score (nSPS) is 9.80. The fourth-order valence-corrected chi connectivity index (χ4v) is 2.14. The molecular formula is C14H10BrN3O2. The summed E-state index contributed by atoms with van der Waals surface area (Å²) in [5, 5.41) is 20.9. The molecule has 0 fully saturated rings. The van der Waals surface area contributed by atoms with Crippen LogP contribution in [0.4, 0.5) is 17.1 Å². The number of nitrogens with two attached hydrogens (primary N) is 1. The van der Waals surface area contributed by atoms with E-state index >= 15 is 0 Å². The van der Waals surface area contributed by atoms with Gasteiger partial charge in [0.05, 0.1) is 22.9 Å². The molecule has 100 valence electrons. The summed E-state index contributed by atoms with van der Waals surface area (Å²) in [6.45, 7) is 0. The molecule has 2 aromatic carbocycles. The molecule has 0 saturated carbocycles. The molecule has 0 bridgehead atoms. The van der Waals surface area contributed by atoms with Crippen molar-refractivity contribution in [2.75, 3.05) is 11.1 Å². The van der Waals surface area contributed by atoms with Crippen molar-refractivity contribution >= 4 is 39.0 Å². The van der Waals surface area contributed by atoms with E-state index in [1.807, 2.05) is 6.07 Å². The molecule has 0 atom stereocenters. The maximum absolute atomic E-state index is 11.0. The predicted molar refractivity (Wildman–Crippen MR) is 80.0 cm³/mol. The zero-order valence-electron chi connectivity index (χ0n) is 10.2. The maximum Gasteiger partial charge on any atom is 0.337 e. The third-order valence-electron chi connectivity index (χ3n) is 2.66. The summed E-state index contributed by atoms with van der Waals surface area (Å²) in [5.74, 6) is -1.08. The number of hydrogen-bond acceptors (Lipinski definition) is 4. The third-order valence-corrected chi connectivity index (χ3v) is 3.32. The molecule has 0 amide bonds. The second-order valence-corrected chi connectivity index (χ2v) is 4.89. The molecule has 20 heavy (non-hydrogen) atoms. The van der Waals surface area contributed by atoms with Crippen molar-refractivity contribution in [1.29, 1.82) is 5.26 Å². The standard InChI is InChI=1S/C14H10BrN3O2/c15-11-5-8(7-16)1-4-13(11)18-9-2-3-12(17)10(6-9)14(19)20/h1-6,18H,17H2,(H,19,20). The van der Waals surface area contributed by atoms with Gasteiger partial charge in [0, 0.05) is 15.8 Å². The molecule has 0 spiro atoms. The number of nitrogen functional groups attached to an aromatic ring is 1. The number of hydrogen-bond donors (Lipinski definition) is 3. The van der Waals surface area contributed by atoms with Gasteiger partial charge < -0.3 is 16.2 Å². The molecule has 0 radical (unpaired) electrons. The number of halogens is 1. The molecule has 0 saturated heterocycles. The Morgan fingerprint density at radius 1 is 1.30 bits per heavy atom. The van der Waals surface area contributed by atoms with Crippen LogP contribution in [-0.2, 0) is 0 Å². The lowest BCUT2D eigenvalue weighted by atomic mass is 10.1.